The van der Waals surface area contributed by atoms with Crippen molar-refractivity contribution in [1.29, 1.82) is 0 Å². The van der Waals surface area contributed by atoms with Gasteiger partial charge < -0.3 is 19.5 Å². The maximum absolute atomic E-state index is 12.5. The molecule has 0 bridgehead atoms. The second-order valence-corrected chi connectivity index (χ2v) is 7.02. The number of hydrogen-bond donors (Lipinski definition) is 1. The van der Waals surface area contributed by atoms with Gasteiger partial charge in [0.05, 0.1) is 18.2 Å². The molecule has 1 heterocycles. The van der Waals surface area contributed by atoms with Gasteiger partial charge in [0, 0.05) is 29.7 Å². The average Bonchev–Trinajstić information content (AvgIpc) is 2.98. The number of halogens is 1. The third-order valence-corrected chi connectivity index (χ3v) is 4.85. The lowest BCUT2D eigenvalue weighted by Crippen LogP contribution is -2.23. The smallest absolute Gasteiger partial charge is 0.251 e. The molecule has 1 N–H and O–H groups in total. The maximum atomic E-state index is 12.5. The number of carbonyl (C=O) groups excluding carboxylic acids is 1. The van der Waals surface area contributed by atoms with Crippen LogP contribution in [0.4, 0.5) is 0 Å². The van der Waals surface area contributed by atoms with Gasteiger partial charge in [-0.15, -0.1) is 0 Å². The van der Waals surface area contributed by atoms with Crippen LogP contribution in [0.3, 0.4) is 0 Å². The Kier molecular flexibility index (Phi) is 5.71. The summed E-state index contributed by atoms with van der Waals surface area (Å²) in [6, 6.07) is 9.22. The molecule has 0 saturated carbocycles. The van der Waals surface area contributed by atoms with E-state index in [0.717, 1.165) is 33.5 Å². The van der Waals surface area contributed by atoms with Gasteiger partial charge in [-0.25, -0.2) is 0 Å². The molecule has 26 heavy (non-hydrogen) atoms. The van der Waals surface area contributed by atoms with Gasteiger partial charge in [-0.05, 0) is 60.1 Å². The number of ether oxygens (including phenoxy) is 3. The summed E-state index contributed by atoms with van der Waals surface area (Å²) in [7, 11) is 1.59. The number of amides is 1. The largest absolute Gasteiger partial charge is 0.496 e. The number of benzene rings is 2. The van der Waals surface area contributed by atoms with Crippen LogP contribution in [0.15, 0.2) is 34.8 Å². The Hall–Kier alpha value is -2.21. The molecule has 2 aromatic rings. The zero-order valence-corrected chi connectivity index (χ0v) is 16.7. The second kappa shape index (κ2) is 7.99. The lowest BCUT2D eigenvalue weighted by molar-refractivity contribution is 0.0950. The number of fused-ring (bicyclic) bond motifs is 1. The van der Waals surface area contributed by atoms with Crippen LogP contribution >= 0.6 is 15.9 Å². The van der Waals surface area contributed by atoms with E-state index in [1.165, 1.54) is 0 Å². The fourth-order valence-corrected chi connectivity index (χ4v) is 3.54. The minimum absolute atomic E-state index is 0.161. The normalized spacial score (nSPS) is 15.2. The van der Waals surface area contributed by atoms with Crippen molar-refractivity contribution in [3.63, 3.8) is 0 Å². The van der Waals surface area contributed by atoms with Crippen molar-refractivity contribution in [2.45, 2.75) is 32.9 Å². The SMILES string of the molecule is CCOc1cc2c(cc1CNC(=O)c1ccc(OC)c(Br)c1)O[C@H](C)C2. The zero-order chi connectivity index (χ0) is 18.7. The van der Waals surface area contributed by atoms with Gasteiger partial charge in [-0.3, -0.25) is 4.79 Å². The third kappa shape index (κ3) is 3.96. The van der Waals surface area contributed by atoms with E-state index in [2.05, 4.69) is 21.2 Å². The van der Waals surface area contributed by atoms with Crippen LogP contribution in [0.1, 0.15) is 35.3 Å². The Morgan fingerprint density at radius 3 is 2.81 bits per heavy atom. The Labute approximate surface area is 161 Å². The molecule has 1 aliphatic rings. The Morgan fingerprint density at radius 1 is 1.31 bits per heavy atom. The first kappa shape index (κ1) is 18.6. The van der Waals surface area contributed by atoms with Gasteiger partial charge in [-0.1, -0.05) is 0 Å². The molecule has 0 spiro atoms. The molecular weight excluding hydrogens is 398 g/mol. The molecule has 1 atom stereocenters. The summed E-state index contributed by atoms with van der Waals surface area (Å²) in [6.07, 6.45) is 1.04. The van der Waals surface area contributed by atoms with Gasteiger partial charge in [0.25, 0.3) is 5.91 Å². The summed E-state index contributed by atoms with van der Waals surface area (Å²) < 4.78 is 17.5. The highest BCUT2D eigenvalue weighted by atomic mass is 79.9. The van der Waals surface area contributed by atoms with Crippen molar-refractivity contribution in [2.75, 3.05) is 13.7 Å². The topological polar surface area (TPSA) is 56.8 Å². The molecule has 6 heteroatoms. The minimum atomic E-state index is -0.161. The van der Waals surface area contributed by atoms with Crippen molar-refractivity contribution in [1.82, 2.24) is 5.32 Å². The van der Waals surface area contributed by atoms with E-state index in [4.69, 9.17) is 14.2 Å². The van der Waals surface area contributed by atoms with E-state index in [9.17, 15) is 4.79 Å². The maximum Gasteiger partial charge on any atom is 0.251 e. The Bertz CT molecular complexity index is 822. The van der Waals surface area contributed by atoms with Crippen LogP contribution in [-0.2, 0) is 13.0 Å². The van der Waals surface area contributed by atoms with Gasteiger partial charge in [0.1, 0.15) is 23.4 Å². The Balaban J connectivity index is 1.75. The zero-order valence-electron chi connectivity index (χ0n) is 15.1. The first-order valence-corrected chi connectivity index (χ1v) is 9.38. The van der Waals surface area contributed by atoms with Crippen LogP contribution in [0.2, 0.25) is 0 Å². The quantitative estimate of drug-likeness (QED) is 0.765. The molecule has 3 rings (SSSR count). The lowest BCUT2D eigenvalue weighted by atomic mass is 10.1. The molecule has 138 valence electrons. The van der Waals surface area contributed by atoms with E-state index in [0.29, 0.717) is 24.5 Å². The van der Waals surface area contributed by atoms with Crippen molar-refractivity contribution in [2.24, 2.45) is 0 Å². The summed E-state index contributed by atoms with van der Waals surface area (Å²) in [5.41, 5.74) is 2.61. The molecule has 0 aliphatic carbocycles. The first-order chi connectivity index (χ1) is 12.5. The van der Waals surface area contributed by atoms with Gasteiger partial charge in [-0.2, -0.15) is 0 Å². The first-order valence-electron chi connectivity index (χ1n) is 8.58. The standard InChI is InChI=1S/C20H22BrNO4/c1-4-25-18-9-14-7-12(2)26-19(14)10-15(18)11-22-20(23)13-5-6-17(24-3)16(21)8-13/h5-6,8-10,12H,4,7,11H2,1-3H3,(H,22,23)/t12-/m1/s1. The number of rotatable bonds is 6. The van der Waals surface area contributed by atoms with Crippen LogP contribution in [0, 0.1) is 0 Å². The molecule has 0 fully saturated rings. The summed E-state index contributed by atoms with van der Waals surface area (Å²) in [6.45, 7) is 4.93. The number of carbonyl (C=O) groups is 1. The fourth-order valence-electron chi connectivity index (χ4n) is 2.99. The van der Waals surface area contributed by atoms with Crippen molar-refractivity contribution in [3.8, 4) is 17.2 Å². The number of hydrogen-bond acceptors (Lipinski definition) is 4. The summed E-state index contributed by atoms with van der Waals surface area (Å²) >= 11 is 3.40. The molecule has 1 amide bonds. The molecule has 5 nitrogen and oxygen atoms in total. The lowest BCUT2D eigenvalue weighted by Gasteiger charge is -2.14. The summed E-state index contributed by atoms with van der Waals surface area (Å²) in [5, 5.41) is 2.95. The van der Waals surface area contributed by atoms with Crippen LogP contribution in [-0.4, -0.2) is 25.7 Å². The number of nitrogens with one attached hydrogen (secondary N) is 1. The molecule has 0 radical (unpaired) electrons. The van der Waals surface area contributed by atoms with Crippen molar-refractivity contribution < 1.29 is 19.0 Å². The van der Waals surface area contributed by atoms with Gasteiger partial charge in [0.15, 0.2) is 0 Å². The summed E-state index contributed by atoms with van der Waals surface area (Å²) in [4.78, 5) is 12.5. The number of methoxy groups -OCH3 is 1. The van der Waals surface area contributed by atoms with Crippen LogP contribution in [0.25, 0.3) is 0 Å². The summed E-state index contributed by atoms with van der Waals surface area (Å²) in [5.74, 6) is 2.19. The van der Waals surface area contributed by atoms with Crippen molar-refractivity contribution >= 4 is 21.8 Å². The van der Waals surface area contributed by atoms with Crippen molar-refractivity contribution in [3.05, 3.63) is 51.5 Å². The predicted octanol–water partition coefficient (Wildman–Crippen LogP) is 4.11. The molecule has 0 unspecified atom stereocenters. The molecular formula is C20H22BrNO4. The average molecular weight is 420 g/mol. The predicted molar refractivity (Wildman–Crippen MR) is 103 cm³/mol. The fraction of sp³-hybridized carbons (Fsp3) is 0.350. The second-order valence-electron chi connectivity index (χ2n) is 6.17. The van der Waals surface area contributed by atoms with E-state index >= 15 is 0 Å². The third-order valence-electron chi connectivity index (χ3n) is 4.23. The van der Waals surface area contributed by atoms with Gasteiger partial charge in [0.2, 0.25) is 0 Å². The van der Waals surface area contributed by atoms with E-state index in [1.807, 2.05) is 26.0 Å². The van der Waals surface area contributed by atoms with E-state index in [-0.39, 0.29) is 12.0 Å². The van der Waals surface area contributed by atoms with E-state index < -0.39 is 0 Å². The highest BCUT2D eigenvalue weighted by Gasteiger charge is 2.22. The minimum Gasteiger partial charge on any atom is -0.496 e. The Morgan fingerprint density at radius 2 is 2.12 bits per heavy atom. The molecule has 0 saturated heterocycles. The van der Waals surface area contributed by atoms with E-state index in [1.54, 1.807) is 25.3 Å². The van der Waals surface area contributed by atoms with Crippen LogP contribution < -0.4 is 19.5 Å². The van der Waals surface area contributed by atoms with Crippen LogP contribution in [0.5, 0.6) is 17.2 Å². The monoisotopic (exact) mass is 419 g/mol. The molecule has 2 aromatic carbocycles. The molecule has 0 aromatic heterocycles. The van der Waals surface area contributed by atoms with Gasteiger partial charge >= 0.3 is 0 Å². The highest BCUT2D eigenvalue weighted by Crippen LogP contribution is 2.35. The molecule has 1 aliphatic heterocycles. The highest BCUT2D eigenvalue weighted by molar-refractivity contribution is 9.10.